The quantitative estimate of drug-likeness (QED) is 0.778. The molecule has 1 unspecified atom stereocenters. The van der Waals surface area contributed by atoms with Gasteiger partial charge >= 0.3 is 0 Å². The monoisotopic (exact) mass is 395 g/mol. The Morgan fingerprint density at radius 1 is 1.14 bits per heavy atom. The van der Waals surface area contributed by atoms with Crippen LogP contribution in [0, 0.1) is 0 Å². The highest BCUT2D eigenvalue weighted by Crippen LogP contribution is 2.33. The second-order valence-electron chi connectivity index (χ2n) is 6.84. The van der Waals surface area contributed by atoms with Crippen LogP contribution in [-0.2, 0) is 11.3 Å². The Balaban J connectivity index is 1.61. The van der Waals surface area contributed by atoms with Gasteiger partial charge in [0.15, 0.2) is 0 Å². The standard InChI is InChI=1S/C21H18ClN3O3/c1-12-8-9-17(19(26)24-12)25-20(27)15-6-3-7-16(18(15)21(25)28)23-11-13-4-2-5-14(22)10-13/h2-7,10,17,23H,1,8-9,11H2,(H,24,26). The number of halogens is 1. The van der Waals surface area contributed by atoms with Gasteiger partial charge in [0.1, 0.15) is 6.04 Å². The molecule has 3 amide bonds. The van der Waals surface area contributed by atoms with Crippen molar-refractivity contribution >= 4 is 35.0 Å². The lowest BCUT2D eigenvalue weighted by Gasteiger charge is -2.29. The van der Waals surface area contributed by atoms with Gasteiger partial charge in [-0.05, 0) is 42.7 Å². The number of nitrogens with one attached hydrogen (secondary N) is 2. The molecule has 0 bridgehead atoms. The van der Waals surface area contributed by atoms with Crippen molar-refractivity contribution in [1.82, 2.24) is 10.2 Å². The summed E-state index contributed by atoms with van der Waals surface area (Å²) in [5.74, 6) is -1.28. The zero-order valence-corrected chi connectivity index (χ0v) is 15.8. The fraction of sp³-hybridized carbons (Fsp3) is 0.190. The molecule has 7 heteroatoms. The first-order chi connectivity index (χ1) is 13.5. The van der Waals surface area contributed by atoms with Crippen molar-refractivity contribution in [2.75, 3.05) is 5.32 Å². The van der Waals surface area contributed by atoms with Gasteiger partial charge in [0.05, 0.1) is 11.1 Å². The van der Waals surface area contributed by atoms with Gasteiger partial charge in [0.25, 0.3) is 11.8 Å². The fourth-order valence-electron chi connectivity index (χ4n) is 3.59. The predicted molar refractivity (Wildman–Crippen MR) is 106 cm³/mol. The SMILES string of the molecule is C=C1CCC(N2C(=O)c3cccc(NCc4cccc(Cl)c4)c3C2=O)C(=O)N1. The molecule has 28 heavy (non-hydrogen) atoms. The van der Waals surface area contributed by atoms with Crippen molar-refractivity contribution in [1.29, 1.82) is 0 Å². The van der Waals surface area contributed by atoms with Crippen LogP contribution in [-0.4, -0.2) is 28.7 Å². The van der Waals surface area contributed by atoms with Crippen molar-refractivity contribution in [3.05, 3.63) is 76.5 Å². The number of hydrogen-bond donors (Lipinski definition) is 2. The van der Waals surface area contributed by atoms with Crippen LogP contribution in [0.4, 0.5) is 5.69 Å². The maximum atomic E-state index is 13.1. The van der Waals surface area contributed by atoms with E-state index in [-0.39, 0.29) is 5.91 Å². The highest BCUT2D eigenvalue weighted by molar-refractivity contribution is 6.30. The van der Waals surface area contributed by atoms with Crippen molar-refractivity contribution in [2.24, 2.45) is 0 Å². The number of anilines is 1. The summed E-state index contributed by atoms with van der Waals surface area (Å²) in [6.07, 6.45) is 0.908. The van der Waals surface area contributed by atoms with E-state index in [1.807, 2.05) is 18.2 Å². The Bertz CT molecular complexity index is 1020. The molecule has 0 aromatic heterocycles. The summed E-state index contributed by atoms with van der Waals surface area (Å²) < 4.78 is 0. The molecular formula is C21H18ClN3O3. The third-order valence-corrected chi connectivity index (χ3v) is 5.19. The van der Waals surface area contributed by atoms with E-state index < -0.39 is 17.9 Å². The molecule has 0 spiro atoms. The third kappa shape index (κ3) is 3.16. The minimum absolute atomic E-state index is 0.298. The summed E-state index contributed by atoms with van der Waals surface area (Å²) in [5, 5.41) is 6.47. The van der Waals surface area contributed by atoms with E-state index >= 15 is 0 Å². The molecule has 2 aromatic carbocycles. The molecule has 2 aliphatic heterocycles. The number of hydrogen-bond acceptors (Lipinski definition) is 4. The van der Waals surface area contributed by atoms with Crippen LogP contribution in [0.2, 0.25) is 5.02 Å². The number of benzene rings is 2. The smallest absolute Gasteiger partial charge is 0.264 e. The number of allylic oxidation sites excluding steroid dienone is 1. The maximum Gasteiger partial charge on any atom is 0.264 e. The van der Waals surface area contributed by atoms with Crippen LogP contribution < -0.4 is 10.6 Å². The maximum absolute atomic E-state index is 13.1. The average Bonchev–Trinajstić information content (AvgIpc) is 2.92. The van der Waals surface area contributed by atoms with Crippen LogP contribution >= 0.6 is 11.6 Å². The van der Waals surface area contributed by atoms with Gasteiger partial charge in [0.2, 0.25) is 5.91 Å². The summed E-state index contributed by atoms with van der Waals surface area (Å²) in [4.78, 5) is 39.3. The molecule has 1 atom stereocenters. The fourth-order valence-corrected chi connectivity index (χ4v) is 3.80. The molecule has 2 heterocycles. The lowest BCUT2D eigenvalue weighted by atomic mass is 10.0. The van der Waals surface area contributed by atoms with Gasteiger partial charge in [-0.2, -0.15) is 0 Å². The minimum Gasteiger partial charge on any atom is -0.380 e. The van der Waals surface area contributed by atoms with E-state index in [0.29, 0.717) is 46.9 Å². The zero-order chi connectivity index (χ0) is 19.8. The summed E-state index contributed by atoms with van der Waals surface area (Å²) in [6.45, 7) is 4.18. The summed E-state index contributed by atoms with van der Waals surface area (Å²) >= 11 is 6.01. The molecule has 1 saturated heterocycles. The van der Waals surface area contributed by atoms with Crippen LogP contribution in [0.25, 0.3) is 0 Å². The molecule has 2 aromatic rings. The number of nitrogens with zero attached hydrogens (tertiary/aromatic N) is 1. The normalized spacial score (nSPS) is 18.9. The van der Waals surface area contributed by atoms with E-state index in [1.54, 1.807) is 24.3 Å². The highest BCUT2D eigenvalue weighted by atomic mass is 35.5. The number of fused-ring (bicyclic) bond motifs is 1. The Hall–Kier alpha value is -3.12. The number of carbonyl (C=O) groups excluding carboxylic acids is 3. The Morgan fingerprint density at radius 3 is 2.68 bits per heavy atom. The molecule has 4 rings (SSSR count). The lowest BCUT2D eigenvalue weighted by molar-refractivity contribution is -0.125. The zero-order valence-electron chi connectivity index (χ0n) is 15.0. The Morgan fingerprint density at radius 2 is 1.93 bits per heavy atom. The molecule has 2 N–H and O–H groups in total. The van der Waals surface area contributed by atoms with Gasteiger partial charge in [-0.15, -0.1) is 0 Å². The summed E-state index contributed by atoms with van der Waals surface area (Å²) in [7, 11) is 0. The molecule has 0 radical (unpaired) electrons. The average molecular weight is 396 g/mol. The number of piperidine rings is 1. The van der Waals surface area contributed by atoms with E-state index in [9.17, 15) is 14.4 Å². The Kier molecular flexibility index (Phi) is 4.65. The van der Waals surface area contributed by atoms with E-state index in [1.165, 1.54) is 0 Å². The van der Waals surface area contributed by atoms with Gasteiger partial charge in [-0.25, -0.2) is 0 Å². The molecule has 0 saturated carbocycles. The summed E-state index contributed by atoms with van der Waals surface area (Å²) in [6, 6.07) is 11.6. The topological polar surface area (TPSA) is 78.5 Å². The van der Waals surface area contributed by atoms with E-state index in [2.05, 4.69) is 17.2 Å². The second kappa shape index (κ2) is 7.13. The molecule has 0 aliphatic carbocycles. The summed E-state index contributed by atoms with van der Waals surface area (Å²) in [5.41, 5.74) is 2.70. The minimum atomic E-state index is -0.821. The van der Waals surface area contributed by atoms with Crippen LogP contribution in [0.1, 0.15) is 39.1 Å². The Labute approximate surface area is 167 Å². The van der Waals surface area contributed by atoms with Crippen molar-refractivity contribution < 1.29 is 14.4 Å². The van der Waals surface area contributed by atoms with Crippen molar-refractivity contribution in [3.63, 3.8) is 0 Å². The molecule has 1 fully saturated rings. The van der Waals surface area contributed by atoms with Crippen LogP contribution in [0.3, 0.4) is 0 Å². The number of imide groups is 1. The van der Waals surface area contributed by atoms with Gasteiger partial charge in [-0.1, -0.05) is 36.4 Å². The third-order valence-electron chi connectivity index (χ3n) is 4.95. The number of carbonyl (C=O) groups is 3. The molecule has 6 nitrogen and oxygen atoms in total. The largest absolute Gasteiger partial charge is 0.380 e. The van der Waals surface area contributed by atoms with Crippen LogP contribution in [0.15, 0.2) is 54.7 Å². The van der Waals surface area contributed by atoms with Crippen LogP contribution in [0.5, 0.6) is 0 Å². The first kappa shape index (κ1) is 18.3. The molecule has 2 aliphatic rings. The number of amides is 3. The van der Waals surface area contributed by atoms with Gasteiger partial charge in [0, 0.05) is 23.0 Å². The molecule has 142 valence electrons. The number of rotatable bonds is 4. The van der Waals surface area contributed by atoms with E-state index in [0.717, 1.165) is 10.5 Å². The highest BCUT2D eigenvalue weighted by Gasteiger charge is 2.44. The lowest BCUT2D eigenvalue weighted by Crippen LogP contribution is -2.51. The van der Waals surface area contributed by atoms with Crippen molar-refractivity contribution in [2.45, 2.75) is 25.4 Å². The molecular weight excluding hydrogens is 378 g/mol. The van der Waals surface area contributed by atoms with Gasteiger partial charge in [-0.3, -0.25) is 19.3 Å². The van der Waals surface area contributed by atoms with Gasteiger partial charge < -0.3 is 10.6 Å². The second-order valence-corrected chi connectivity index (χ2v) is 7.28. The van der Waals surface area contributed by atoms with E-state index in [4.69, 9.17) is 11.6 Å². The van der Waals surface area contributed by atoms with Crippen molar-refractivity contribution in [3.8, 4) is 0 Å². The predicted octanol–water partition coefficient (Wildman–Crippen LogP) is 3.34. The first-order valence-electron chi connectivity index (χ1n) is 8.93. The first-order valence-corrected chi connectivity index (χ1v) is 9.31.